The molecule has 1 aromatic carbocycles. The van der Waals surface area contributed by atoms with Crippen LogP contribution in [0.4, 0.5) is 0 Å². The molecule has 0 fully saturated rings. The molecule has 5 nitrogen and oxygen atoms in total. The SMILES string of the molecule is CC(C)CNC(=O)c1ccn(COc2ccc(Br)cc2)n1. The van der Waals surface area contributed by atoms with Crippen molar-refractivity contribution in [2.24, 2.45) is 5.92 Å². The topological polar surface area (TPSA) is 56.2 Å². The third-order valence-corrected chi connectivity index (χ3v) is 3.25. The van der Waals surface area contributed by atoms with Crippen LogP contribution in [0.15, 0.2) is 41.0 Å². The first-order chi connectivity index (χ1) is 10.0. The Morgan fingerprint density at radius 2 is 2.05 bits per heavy atom. The largest absolute Gasteiger partial charge is 0.471 e. The zero-order chi connectivity index (χ0) is 15.2. The number of nitrogens with zero attached hydrogens (tertiary/aromatic N) is 2. The van der Waals surface area contributed by atoms with Crippen LogP contribution < -0.4 is 10.1 Å². The normalized spacial score (nSPS) is 10.7. The monoisotopic (exact) mass is 351 g/mol. The molecule has 2 aromatic rings. The number of ether oxygens (including phenoxy) is 1. The molecule has 0 aliphatic carbocycles. The number of carbonyl (C=O) groups excluding carboxylic acids is 1. The number of rotatable bonds is 6. The number of halogens is 1. The number of hydrogen-bond donors (Lipinski definition) is 1. The van der Waals surface area contributed by atoms with E-state index in [1.165, 1.54) is 0 Å². The van der Waals surface area contributed by atoms with Gasteiger partial charge >= 0.3 is 0 Å². The van der Waals surface area contributed by atoms with Crippen molar-refractivity contribution in [1.29, 1.82) is 0 Å². The van der Waals surface area contributed by atoms with Gasteiger partial charge in [0.1, 0.15) is 11.4 Å². The summed E-state index contributed by atoms with van der Waals surface area (Å²) in [5.41, 5.74) is 0.398. The molecule has 6 heteroatoms. The van der Waals surface area contributed by atoms with E-state index in [-0.39, 0.29) is 12.6 Å². The van der Waals surface area contributed by atoms with E-state index < -0.39 is 0 Å². The van der Waals surface area contributed by atoms with Gasteiger partial charge in [-0.25, -0.2) is 4.68 Å². The van der Waals surface area contributed by atoms with Crippen molar-refractivity contribution in [1.82, 2.24) is 15.1 Å². The summed E-state index contributed by atoms with van der Waals surface area (Å²) in [6, 6.07) is 9.22. The highest BCUT2D eigenvalue weighted by Crippen LogP contribution is 2.16. The molecule has 0 bridgehead atoms. The standard InChI is InChI=1S/C15H18BrN3O2/c1-11(2)9-17-15(20)14-7-8-19(18-14)10-21-13-5-3-12(16)4-6-13/h3-8,11H,9-10H2,1-2H3,(H,17,20). The van der Waals surface area contributed by atoms with Crippen LogP contribution in [0.2, 0.25) is 0 Å². The Balaban J connectivity index is 1.88. The van der Waals surface area contributed by atoms with Crippen LogP contribution in [0.5, 0.6) is 5.75 Å². The number of amides is 1. The minimum absolute atomic E-state index is 0.161. The van der Waals surface area contributed by atoms with Gasteiger partial charge in [-0.2, -0.15) is 5.10 Å². The summed E-state index contributed by atoms with van der Waals surface area (Å²) in [5, 5.41) is 7.02. The van der Waals surface area contributed by atoms with E-state index in [4.69, 9.17) is 4.74 Å². The predicted molar refractivity (Wildman–Crippen MR) is 84.2 cm³/mol. The Kier molecular flexibility index (Phi) is 5.38. The predicted octanol–water partition coefficient (Wildman–Crippen LogP) is 3.07. The van der Waals surface area contributed by atoms with Crippen LogP contribution in [0, 0.1) is 5.92 Å². The Hall–Kier alpha value is -1.82. The fourth-order valence-corrected chi connectivity index (χ4v) is 1.88. The molecule has 2 rings (SSSR count). The molecule has 0 aliphatic heterocycles. The lowest BCUT2D eigenvalue weighted by Gasteiger charge is -2.07. The van der Waals surface area contributed by atoms with Gasteiger partial charge in [-0.1, -0.05) is 29.8 Å². The van der Waals surface area contributed by atoms with E-state index in [2.05, 4.69) is 26.3 Å². The lowest BCUT2D eigenvalue weighted by molar-refractivity contribution is 0.0942. The molecular weight excluding hydrogens is 334 g/mol. The first kappa shape index (κ1) is 15.6. The molecule has 0 saturated heterocycles. The third-order valence-electron chi connectivity index (χ3n) is 2.72. The van der Waals surface area contributed by atoms with Gasteiger partial charge in [-0.3, -0.25) is 4.79 Å². The van der Waals surface area contributed by atoms with Gasteiger partial charge in [-0.15, -0.1) is 0 Å². The van der Waals surface area contributed by atoms with Crippen LogP contribution in [-0.4, -0.2) is 22.2 Å². The van der Waals surface area contributed by atoms with Crippen LogP contribution in [0.25, 0.3) is 0 Å². The molecule has 1 aromatic heterocycles. The fraction of sp³-hybridized carbons (Fsp3) is 0.333. The van der Waals surface area contributed by atoms with E-state index in [9.17, 15) is 4.79 Å². The van der Waals surface area contributed by atoms with Crippen molar-refractivity contribution >= 4 is 21.8 Å². The van der Waals surface area contributed by atoms with Crippen LogP contribution in [-0.2, 0) is 6.73 Å². The minimum atomic E-state index is -0.161. The summed E-state index contributed by atoms with van der Waals surface area (Å²) < 4.78 is 8.17. The van der Waals surface area contributed by atoms with Crippen molar-refractivity contribution in [3.05, 3.63) is 46.7 Å². The highest BCUT2D eigenvalue weighted by molar-refractivity contribution is 9.10. The maximum absolute atomic E-state index is 11.8. The second-order valence-electron chi connectivity index (χ2n) is 5.07. The lowest BCUT2D eigenvalue weighted by Crippen LogP contribution is -2.27. The van der Waals surface area contributed by atoms with Crippen molar-refractivity contribution in [2.75, 3.05) is 6.54 Å². The van der Waals surface area contributed by atoms with Crippen molar-refractivity contribution < 1.29 is 9.53 Å². The quantitative estimate of drug-likeness (QED) is 0.869. The lowest BCUT2D eigenvalue weighted by atomic mass is 10.2. The molecule has 1 N–H and O–H groups in total. The molecule has 21 heavy (non-hydrogen) atoms. The molecule has 112 valence electrons. The van der Waals surface area contributed by atoms with Gasteiger partial charge in [0.05, 0.1) is 0 Å². The molecule has 0 atom stereocenters. The van der Waals surface area contributed by atoms with Crippen LogP contribution in [0.3, 0.4) is 0 Å². The molecule has 0 aliphatic rings. The molecule has 0 radical (unpaired) electrons. The zero-order valence-corrected chi connectivity index (χ0v) is 13.6. The number of nitrogens with one attached hydrogen (secondary N) is 1. The van der Waals surface area contributed by atoms with Gasteiger partial charge < -0.3 is 10.1 Å². The molecule has 0 saturated carbocycles. The van der Waals surface area contributed by atoms with E-state index in [0.29, 0.717) is 18.2 Å². The summed E-state index contributed by atoms with van der Waals surface area (Å²) in [6.45, 7) is 5.00. The highest BCUT2D eigenvalue weighted by Gasteiger charge is 2.09. The first-order valence-corrected chi connectivity index (χ1v) is 7.54. The maximum Gasteiger partial charge on any atom is 0.271 e. The number of carbonyl (C=O) groups is 1. The maximum atomic E-state index is 11.8. The first-order valence-electron chi connectivity index (χ1n) is 6.74. The molecule has 0 unspecified atom stereocenters. The second-order valence-corrected chi connectivity index (χ2v) is 5.99. The van der Waals surface area contributed by atoms with Gasteiger partial charge in [-0.05, 0) is 36.2 Å². The van der Waals surface area contributed by atoms with Gasteiger partial charge in [0.2, 0.25) is 0 Å². The summed E-state index contributed by atoms with van der Waals surface area (Å²) in [6.07, 6.45) is 1.73. The summed E-state index contributed by atoms with van der Waals surface area (Å²) in [5.74, 6) is 1.00. The summed E-state index contributed by atoms with van der Waals surface area (Å²) in [4.78, 5) is 11.8. The number of aromatic nitrogens is 2. The molecular formula is C15H18BrN3O2. The van der Waals surface area contributed by atoms with Gasteiger partial charge in [0.15, 0.2) is 6.73 Å². The summed E-state index contributed by atoms with van der Waals surface area (Å²) >= 11 is 3.37. The summed E-state index contributed by atoms with van der Waals surface area (Å²) in [7, 11) is 0. The van der Waals surface area contributed by atoms with E-state index in [0.717, 1.165) is 10.2 Å². The zero-order valence-electron chi connectivity index (χ0n) is 12.0. The van der Waals surface area contributed by atoms with E-state index in [1.807, 2.05) is 38.1 Å². The van der Waals surface area contributed by atoms with Crippen molar-refractivity contribution in [3.63, 3.8) is 0 Å². The number of hydrogen-bond acceptors (Lipinski definition) is 3. The van der Waals surface area contributed by atoms with Gasteiger partial charge in [0.25, 0.3) is 5.91 Å². The van der Waals surface area contributed by atoms with E-state index in [1.54, 1.807) is 16.9 Å². The second kappa shape index (κ2) is 7.26. The fourth-order valence-electron chi connectivity index (χ4n) is 1.61. The minimum Gasteiger partial charge on any atom is -0.471 e. The average Bonchev–Trinajstić information content (AvgIpc) is 2.93. The van der Waals surface area contributed by atoms with E-state index >= 15 is 0 Å². The molecule has 1 amide bonds. The van der Waals surface area contributed by atoms with Gasteiger partial charge in [0, 0.05) is 17.2 Å². The highest BCUT2D eigenvalue weighted by atomic mass is 79.9. The third kappa shape index (κ3) is 4.90. The van der Waals surface area contributed by atoms with Crippen molar-refractivity contribution in [3.8, 4) is 5.75 Å². The Morgan fingerprint density at radius 1 is 1.33 bits per heavy atom. The smallest absolute Gasteiger partial charge is 0.271 e. The number of benzene rings is 1. The molecule has 0 spiro atoms. The Morgan fingerprint density at radius 3 is 2.71 bits per heavy atom. The molecule has 1 heterocycles. The van der Waals surface area contributed by atoms with Crippen LogP contribution >= 0.6 is 15.9 Å². The Bertz CT molecular complexity index is 593. The van der Waals surface area contributed by atoms with Crippen LogP contribution in [0.1, 0.15) is 24.3 Å². The average molecular weight is 352 g/mol. The van der Waals surface area contributed by atoms with Crippen molar-refractivity contribution in [2.45, 2.75) is 20.6 Å². The Labute approximate surface area is 132 Å².